The maximum absolute atomic E-state index is 7.43. The van der Waals surface area contributed by atoms with E-state index < -0.39 is 0 Å². The fourth-order valence-electron chi connectivity index (χ4n) is 2.42. The zero-order chi connectivity index (χ0) is 16.4. The summed E-state index contributed by atoms with van der Waals surface area (Å²) in [6.45, 7) is 0. The van der Waals surface area contributed by atoms with Gasteiger partial charge in [0.2, 0.25) is 0 Å². The Morgan fingerprint density at radius 3 is 2.70 bits per heavy atom. The molecule has 0 spiro atoms. The zero-order valence-corrected chi connectivity index (χ0v) is 14.0. The van der Waals surface area contributed by atoms with Gasteiger partial charge in [-0.15, -0.1) is 0 Å². The first-order valence-electron chi connectivity index (χ1n) is 6.92. The number of rotatable bonds is 3. The summed E-state index contributed by atoms with van der Waals surface area (Å²) in [6, 6.07) is 13.9. The topological polar surface area (TPSA) is 84.0 Å². The van der Waals surface area contributed by atoms with Gasteiger partial charge in [0.1, 0.15) is 11.6 Å². The number of hydrogen-bond donors (Lipinski definition) is 3. The van der Waals surface area contributed by atoms with Gasteiger partial charge in [0.25, 0.3) is 0 Å². The molecule has 3 rings (SSSR count). The van der Waals surface area contributed by atoms with E-state index in [-0.39, 0.29) is 5.96 Å². The average molecular weight is 371 g/mol. The molecule has 3 aromatic rings. The summed E-state index contributed by atoms with van der Waals surface area (Å²) < 4.78 is 6.17. The molecule has 2 aromatic carbocycles. The highest BCUT2D eigenvalue weighted by Crippen LogP contribution is 2.33. The molecule has 0 aliphatic carbocycles. The highest BCUT2D eigenvalue weighted by molar-refractivity contribution is 9.10. The third kappa shape index (κ3) is 3.12. The number of ether oxygens (including phenoxy) is 1. The number of anilines is 1. The number of hydrogen-bond acceptors (Lipinski definition) is 3. The third-order valence-corrected chi connectivity index (χ3v) is 4.13. The van der Waals surface area contributed by atoms with Gasteiger partial charge in [0.15, 0.2) is 5.96 Å². The standard InChI is InChI=1S/C17H15BrN4O/c1-23-12-4-2-3-10(7-12)11-5-6-13-14(8-11)16(22-17(19)20)21-9-15(13)18/h2-9H,1H3,(H4,19,20,21,22). The summed E-state index contributed by atoms with van der Waals surface area (Å²) in [5.74, 6) is 1.21. The van der Waals surface area contributed by atoms with E-state index in [0.29, 0.717) is 5.82 Å². The second-order valence-corrected chi connectivity index (χ2v) is 5.84. The second kappa shape index (κ2) is 6.26. The molecule has 0 saturated heterocycles. The first kappa shape index (κ1) is 15.3. The summed E-state index contributed by atoms with van der Waals surface area (Å²) >= 11 is 3.51. The van der Waals surface area contributed by atoms with Crippen molar-refractivity contribution in [3.05, 3.63) is 53.1 Å². The molecule has 0 bridgehead atoms. The minimum absolute atomic E-state index is 0.145. The molecule has 1 heterocycles. The van der Waals surface area contributed by atoms with Gasteiger partial charge in [-0.2, -0.15) is 0 Å². The second-order valence-electron chi connectivity index (χ2n) is 4.99. The van der Waals surface area contributed by atoms with Crippen LogP contribution in [0.3, 0.4) is 0 Å². The molecule has 0 aliphatic rings. The van der Waals surface area contributed by atoms with Crippen LogP contribution in [0.25, 0.3) is 21.9 Å². The Bertz CT molecular complexity index is 895. The highest BCUT2D eigenvalue weighted by atomic mass is 79.9. The third-order valence-electron chi connectivity index (χ3n) is 3.50. The first-order chi connectivity index (χ1) is 11.1. The lowest BCUT2D eigenvalue weighted by Crippen LogP contribution is -2.21. The van der Waals surface area contributed by atoms with E-state index >= 15 is 0 Å². The number of fused-ring (bicyclic) bond motifs is 1. The Morgan fingerprint density at radius 1 is 1.17 bits per heavy atom. The lowest BCUT2D eigenvalue weighted by atomic mass is 10.0. The normalized spacial score (nSPS) is 10.5. The molecule has 23 heavy (non-hydrogen) atoms. The van der Waals surface area contributed by atoms with E-state index in [1.165, 1.54) is 0 Å². The van der Waals surface area contributed by atoms with Crippen LogP contribution in [0.2, 0.25) is 0 Å². The van der Waals surface area contributed by atoms with Crippen molar-refractivity contribution >= 4 is 38.5 Å². The molecule has 0 aliphatic heterocycles. The molecular formula is C17H15BrN4O. The van der Waals surface area contributed by atoms with Crippen LogP contribution in [-0.4, -0.2) is 18.1 Å². The predicted molar refractivity (Wildman–Crippen MR) is 97.0 cm³/mol. The Labute approximate surface area is 142 Å². The summed E-state index contributed by atoms with van der Waals surface area (Å²) in [5, 5.41) is 12.1. The van der Waals surface area contributed by atoms with Gasteiger partial charge < -0.3 is 15.8 Å². The van der Waals surface area contributed by atoms with Gasteiger partial charge in [0.05, 0.1) is 7.11 Å². The molecule has 0 unspecified atom stereocenters. The number of methoxy groups -OCH3 is 1. The summed E-state index contributed by atoms with van der Waals surface area (Å²) in [4.78, 5) is 4.31. The van der Waals surface area contributed by atoms with E-state index in [1.807, 2.05) is 42.5 Å². The molecule has 1 aromatic heterocycles. The summed E-state index contributed by atoms with van der Waals surface area (Å²) in [6.07, 6.45) is 1.69. The van der Waals surface area contributed by atoms with Crippen molar-refractivity contribution in [2.75, 3.05) is 12.4 Å². The SMILES string of the molecule is COc1cccc(-c2ccc3c(Br)cnc(NC(=N)N)c3c2)c1. The molecule has 0 amide bonds. The zero-order valence-electron chi connectivity index (χ0n) is 12.4. The quantitative estimate of drug-likeness (QED) is 0.480. The Kier molecular flexibility index (Phi) is 4.16. The van der Waals surface area contributed by atoms with E-state index in [0.717, 1.165) is 32.1 Å². The smallest absolute Gasteiger partial charge is 0.191 e. The first-order valence-corrected chi connectivity index (χ1v) is 7.71. The van der Waals surface area contributed by atoms with Crippen molar-refractivity contribution in [2.24, 2.45) is 5.73 Å². The van der Waals surface area contributed by atoms with Crippen LogP contribution in [0, 0.1) is 5.41 Å². The molecule has 5 nitrogen and oxygen atoms in total. The molecule has 6 heteroatoms. The number of nitrogens with zero attached hydrogens (tertiary/aromatic N) is 1. The molecule has 0 atom stereocenters. The molecule has 4 N–H and O–H groups in total. The Morgan fingerprint density at radius 2 is 1.96 bits per heavy atom. The molecule has 0 radical (unpaired) electrons. The number of benzene rings is 2. The average Bonchev–Trinajstić information content (AvgIpc) is 2.57. The number of nitrogens with one attached hydrogen (secondary N) is 2. The lowest BCUT2D eigenvalue weighted by Gasteiger charge is -2.11. The van der Waals surface area contributed by atoms with E-state index in [2.05, 4.69) is 26.2 Å². The number of guanidine groups is 1. The predicted octanol–water partition coefficient (Wildman–Crippen LogP) is 3.98. The fraction of sp³-hybridized carbons (Fsp3) is 0.0588. The summed E-state index contributed by atoms with van der Waals surface area (Å²) in [7, 11) is 1.65. The number of halogens is 1. The lowest BCUT2D eigenvalue weighted by molar-refractivity contribution is 0.415. The molecular weight excluding hydrogens is 356 g/mol. The Balaban J connectivity index is 2.18. The van der Waals surface area contributed by atoms with Crippen LogP contribution in [0.4, 0.5) is 5.82 Å². The van der Waals surface area contributed by atoms with Crippen LogP contribution < -0.4 is 15.8 Å². The van der Waals surface area contributed by atoms with E-state index in [9.17, 15) is 0 Å². The monoisotopic (exact) mass is 370 g/mol. The molecule has 0 fully saturated rings. The minimum Gasteiger partial charge on any atom is -0.497 e. The van der Waals surface area contributed by atoms with Gasteiger partial charge in [-0.05, 0) is 45.3 Å². The van der Waals surface area contributed by atoms with Gasteiger partial charge in [0, 0.05) is 21.4 Å². The summed E-state index contributed by atoms with van der Waals surface area (Å²) in [5.41, 5.74) is 7.52. The van der Waals surface area contributed by atoms with Gasteiger partial charge in [-0.3, -0.25) is 5.41 Å². The number of nitrogens with two attached hydrogens (primary N) is 1. The fourth-order valence-corrected chi connectivity index (χ4v) is 2.87. The molecule has 116 valence electrons. The number of pyridine rings is 1. The van der Waals surface area contributed by atoms with Crippen molar-refractivity contribution in [1.29, 1.82) is 5.41 Å². The van der Waals surface area contributed by atoms with Crippen molar-refractivity contribution in [1.82, 2.24) is 4.98 Å². The van der Waals surface area contributed by atoms with E-state index in [1.54, 1.807) is 13.3 Å². The largest absolute Gasteiger partial charge is 0.497 e. The van der Waals surface area contributed by atoms with Crippen LogP contribution >= 0.6 is 15.9 Å². The van der Waals surface area contributed by atoms with Gasteiger partial charge >= 0.3 is 0 Å². The Hall–Kier alpha value is -2.60. The van der Waals surface area contributed by atoms with Crippen LogP contribution in [0.5, 0.6) is 5.75 Å². The molecule has 0 saturated carbocycles. The van der Waals surface area contributed by atoms with E-state index in [4.69, 9.17) is 15.9 Å². The van der Waals surface area contributed by atoms with Crippen LogP contribution in [-0.2, 0) is 0 Å². The maximum atomic E-state index is 7.43. The minimum atomic E-state index is -0.145. The van der Waals surface area contributed by atoms with Crippen molar-refractivity contribution in [3.63, 3.8) is 0 Å². The van der Waals surface area contributed by atoms with Gasteiger partial charge in [-0.1, -0.05) is 24.3 Å². The van der Waals surface area contributed by atoms with Gasteiger partial charge in [-0.25, -0.2) is 4.98 Å². The highest BCUT2D eigenvalue weighted by Gasteiger charge is 2.09. The van der Waals surface area contributed by atoms with Crippen molar-refractivity contribution in [2.45, 2.75) is 0 Å². The maximum Gasteiger partial charge on any atom is 0.191 e. The van der Waals surface area contributed by atoms with Crippen molar-refractivity contribution in [3.8, 4) is 16.9 Å². The van der Waals surface area contributed by atoms with Crippen LogP contribution in [0.15, 0.2) is 53.1 Å². The van der Waals surface area contributed by atoms with Crippen LogP contribution in [0.1, 0.15) is 0 Å². The number of aromatic nitrogens is 1. The van der Waals surface area contributed by atoms with Crippen molar-refractivity contribution < 1.29 is 4.74 Å².